The van der Waals surface area contributed by atoms with Crippen molar-refractivity contribution in [1.29, 1.82) is 0 Å². The predicted molar refractivity (Wildman–Crippen MR) is 142 cm³/mol. The summed E-state index contributed by atoms with van der Waals surface area (Å²) in [6, 6.07) is 24.4. The van der Waals surface area contributed by atoms with Crippen molar-refractivity contribution in [3.05, 3.63) is 113 Å². The Morgan fingerprint density at radius 3 is 2.22 bits per heavy atom. The summed E-state index contributed by atoms with van der Waals surface area (Å²) in [5.74, 6) is 0.272. The maximum Gasteiger partial charge on any atom is 0.188 e. The Balaban J connectivity index is 1.73. The standard InChI is InChI=1S/C31H32FNO4/c1-4-22-18-27(36-19-21-12-8-6-9-13-21)29(32)24(5-2)28(22)31(34)25-16-17-26(37-20-35-3)30(33-25)23-14-10-7-11-15-23/h6-18,31,34H,4-5,19-20H2,1-3H3. The summed E-state index contributed by atoms with van der Waals surface area (Å²) in [7, 11) is 1.55. The van der Waals surface area contributed by atoms with Gasteiger partial charge in [-0.3, -0.25) is 0 Å². The van der Waals surface area contributed by atoms with E-state index in [2.05, 4.69) is 0 Å². The van der Waals surface area contributed by atoms with Crippen LogP contribution in [0, 0.1) is 5.82 Å². The number of benzene rings is 3. The normalized spacial score (nSPS) is 11.8. The zero-order valence-corrected chi connectivity index (χ0v) is 21.4. The molecule has 0 amide bonds. The van der Waals surface area contributed by atoms with Crippen LogP contribution in [-0.2, 0) is 24.2 Å². The van der Waals surface area contributed by atoms with E-state index in [1.807, 2.05) is 74.5 Å². The third-order valence-electron chi connectivity index (χ3n) is 6.24. The summed E-state index contributed by atoms with van der Waals surface area (Å²) in [5, 5.41) is 11.5. The summed E-state index contributed by atoms with van der Waals surface area (Å²) >= 11 is 0. The maximum atomic E-state index is 15.7. The molecule has 0 radical (unpaired) electrons. The fourth-order valence-corrected chi connectivity index (χ4v) is 4.38. The van der Waals surface area contributed by atoms with Gasteiger partial charge in [0.15, 0.2) is 18.4 Å². The van der Waals surface area contributed by atoms with E-state index < -0.39 is 11.9 Å². The second-order valence-corrected chi connectivity index (χ2v) is 8.62. The van der Waals surface area contributed by atoms with Gasteiger partial charge in [0.2, 0.25) is 0 Å². The van der Waals surface area contributed by atoms with Crippen molar-refractivity contribution in [1.82, 2.24) is 4.98 Å². The molecule has 4 rings (SSSR count). The SMILES string of the molecule is CCc1cc(OCc2ccccc2)c(F)c(CC)c1C(O)c1ccc(OCOC)c(-c2ccccc2)n1. The fourth-order valence-electron chi connectivity index (χ4n) is 4.38. The van der Waals surface area contributed by atoms with Crippen molar-refractivity contribution < 1.29 is 23.7 Å². The smallest absolute Gasteiger partial charge is 0.188 e. The molecule has 1 unspecified atom stereocenters. The van der Waals surface area contributed by atoms with Crippen LogP contribution in [0.1, 0.15) is 47.9 Å². The number of rotatable bonds is 11. The predicted octanol–water partition coefficient (Wildman–Crippen LogP) is 6.66. The van der Waals surface area contributed by atoms with Crippen LogP contribution in [0.15, 0.2) is 78.9 Å². The Morgan fingerprint density at radius 2 is 1.57 bits per heavy atom. The minimum Gasteiger partial charge on any atom is -0.486 e. The molecule has 0 aliphatic carbocycles. The van der Waals surface area contributed by atoms with Crippen LogP contribution < -0.4 is 9.47 Å². The Labute approximate surface area is 217 Å². The van der Waals surface area contributed by atoms with E-state index in [9.17, 15) is 5.11 Å². The zero-order valence-electron chi connectivity index (χ0n) is 21.4. The van der Waals surface area contributed by atoms with Crippen molar-refractivity contribution in [3.63, 3.8) is 0 Å². The van der Waals surface area contributed by atoms with Crippen LogP contribution in [0.25, 0.3) is 11.3 Å². The number of halogens is 1. The van der Waals surface area contributed by atoms with E-state index in [1.165, 1.54) is 0 Å². The first-order chi connectivity index (χ1) is 18.1. The summed E-state index contributed by atoms with van der Waals surface area (Å²) in [4.78, 5) is 4.77. The Bertz CT molecular complexity index is 1310. The average Bonchev–Trinajstić information content (AvgIpc) is 2.95. The summed E-state index contributed by atoms with van der Waals surface area (Å²) in [6.07, 6.45) is -0.127. The van der Waals surface area contributed by atoms with E-state index in [0.29, 0.717) is 41.1 Å². The topological polar surface area (TPSA) is 60.8 Å². The van der Waals surface area contributed by atoms with Crippen molar-refractivity contribution in [2.45, 2.75) is 39.4 Å². The number of nitrogens with zero attached hydrogens (tertiary/aromatic N) is 1. The second-order valence-electron chi connectivity index (χ2n) is 8.62. The molecule has 37 heavy (non-hydrogen) atoms. The third-order valence-corrected chi connectivity index (χ3v) is 6.24. The maximum absolute atomic E-state index is 15.7. The van der Waals surface area contributed by atoms with Crippen molar-refractivity contribution in [3.8, 4) is 22.8 Å². The number of ether oxygens (including phenoxy) is 3. The molecule has 1 heterocycles. The minimum absolute atomic E-state index is 0.0685. The molecule has 3 aromatic carbocycles. The van der Waals surface area contributed by atoms with Crippen LogP contribution in [0.3, 0.4) is 0 Å². The quantitative estimate of drug-likeness (QED) is 0.233. The molecule has 0 saturated carbocycles. The van der Waals surface area contributed by atoms with Crippen LogP contribution in [0.4, 0.5) is 4.39 Å². The number of hydrogen-bond donors (Lipinski definition) is 1. The molecule has 0 fully saturated rings. The summed E-state index contributed by atoms with van der Waals surface area (Å²) in [5.41, 5.74) is 4.56. The van der Waals surface area contributed by atoms with E-state index in [4.69, 9.17) is 19.2 Å². The number of methoxy groups -OCH3 is 1. The first kappa shape index (κ1) is 26.3. The molecule has 192 valence electrons. The van der Waals surface area contributed by atoms with Crippen molar-refractivity contribution >= 4 is 0 Å². The van der Waals surface area contributed by atoms with E-state index in [-0.39, 0.29) is 19.1 Å². The fraction of sp³-hybridized carbons (Fsp3) is 0.258. The molecular formula is C31H32FNO4. The third kappa shape index (κ3) is 5.98. The highest BCUT2D eigenvalue weighted by atomic mass is 19.1. The molecule has 0 saturated heterocycles. The molecule has 0 aliphatic rings. The van der Waals surface area contributed by atoms with E-state index in [0.717, 1.165) is 16.7 Å². The van der Waals surface area contributed by atoms with Gasteiger partial charge in [-0.1, -0.05) is 74.5 Å². The van der Waals surface area contributed by atoms with Gasteiger partial charge in [0, 0.05) is 12.7 Å². The molecule has 6 heteroatoms. The van der Waals surface area contributed by atoms with Crippen molar-refractivity contribution in [2.24, 2.45) is 0 Å². The number of aromatic nitrogens is 1. The number of aliphatic hydroxyl groups excluding tert-OH is 1. The lowest BCUT2D eigenvalue weighted by molar-refractivity contribution is 0.0512. The van der Waals surface area contributed by atoms with Gasteiger partial charge in [0.05, 0.1) is 5.69 Å². The summed E-state index contributed by atoms with van der Waals surface area (Å²) < 4.78 is 32.4. The highest BCUT2D eigenvalue weighted by Crippen LogP contribution is 2.37. The van der Waals surface area contributed by atoms with Crippen LogP contribution in [0.5, 0.6) is 11.5 Å². The van der Waals surface area contributed by atoms with E-state index >= 15 is 4.39 Å². The van der Waals surface area contributed by atoms with Gasteiger partial charge in [0.25, 0.3) is 0 Å². The van der Waals surface area contributed by atoms with Gasteiger partial charge in [-0.15, -0.1) is 0 Å². The highest BCUT2D eigenvalue weighted by Gasteiger charge is 2.25. The van der Waals surface area contributed by atoms with Crippen LogP contribution in [0.2, 0.25) is 0 Å². The molecule has 1 N–H and O–H groups in total. The monoisotopic (exact) mass is 501 g/mol. The van der Waals surface area contributed by atoms with Crippen molar-refractivity contribution in [2.75, 3.05) is 13.9 Å². The molecule has 5 nitrogen and oxygen atoms in total. The minimum atomic E-state index is -1.12. The Morgan fingerprint density at radius 1 is 0.865 bits per heavy atom. The van der Waals surface area contributed by atoms with Gasteiger partial charge >= 0.3 is 0 Å². The molecule has 4 aromatic rings. The first-order valence-corrected chi connectivity index (χ1v) is 12.4. The summed E-state index contributed by atoms with van der Waals surface area (Å²) in [6.45, 7) is 4.18. The van der Waals surface area contributed by atoms with Crippen LogP contribution in [-0.4, -0.2) is 24.0 Å². The first-order valence-electron chi connectivity index (χ1n) is 12.4. The largest absolute Gasteiger partial charge is 0.486 e. The lowest BCUT2D eigenvalue weighted by atomic mass is 9.90. The van der Waals surface area contributed by atoms with Gasteiger partial charge in [-0.05, 0) is 53.3 Å². The van der Waals surface area contributed by atoms with Gasteiger partial charge in [0.1, 0.15) is 24.2 Å². The number of hydrogen-bond acceptors (Lipinski definition) is 5. The Kier molecular flexibility index (Phi) is 8.88. The average molecular weight is 502 g/mol. The molecule has 0 bridgehead atoms. The number of aryl methyl sites for hydroxylation is 1. The molecular weight excluding hydrogens is 469 g/mol. The van der Waals surface area contributed by atoms with Gasteiger partial charge in [-0.25, -0.2) is 9.37 Å². The van der Waals surface area contributed by atoms with Gasteiger partial charge < -0.3 is 19.3 Å². The zero-order chi connectivity index (χ0) is 26.2. The second kappa shape index (κ2) is 12.5. The van der Waals surface area contributed by atoms with Gasteiger partial charge in [-0.2, -0.15) is 0 Å². The number of aliphatic hydroxyl groups is 1. The lowest BCUT2D eigenvalue weighted by Crippen LogP contribution is -2.13. The molecule has 0 aliphatic heterocycles. The number of pyridine rings is 1. The molecule has 1 aromatic heterocycles. The van der Waals surface area contributed by atoms with E-state index in [1.54, 1.807) is 25.3 Å². The highest BCUT2D eigenvalue weighted by molar-refractivity contribution is 5.66. The Hall–Kier alpha value is -3.74. The lowest BCUT2D eigenvalue weighted by Gasteiger charge is -2.22. The van der Waals surface area contributed by atoms with Crippen LogP contribution >= 0.6 is 0 Å². The molecule has 0 spiro atoms. The molecule has 1 atom stereocenters.